The standard InChI is InChI=1S/C11H9N3O/c12-4-7-3-9-1-2-10(11(7)15-9)8(5-13)6-14/h7,9,11H,1-3H2/t7-,9-,11-/m0/s1. The molecule has 0 spiro atoms. The minimum absolute atomic E-state index is 0.126. The lowest BCUT2D eigenvalue weighted by Crippen LogP contribution is -2.24. The molecule has 0 amide bonds. The zero-order valence-electron chi connectivity index (χ0n) is 8.10. The molecule has 0 aromatic rings. The molecule has 2 bridgehead atoms. The number of rotatable bonds is 0. The maximum Gasteiger partial charge on any atom is 0.131 e. The summed E-state index contributed by atoms with van der Waals surface area (Å²) in [5, 5.41) is 26.5. The highest BCUT2D eigenvalue weighted by Gasteiger charge is 2.42. The van der Waals surface area contributed by atoms with Crippen LogP contribution in [0.1, 0.15) is 19.3 Å². The van der Waals surface area contributed by atoms with Gasteiger partial charge in [-0.1, -0.05) is 0 Å². The quantitative estimate of drug-likeness (QED) is 0.552. The maximum atomic E-state index is 8.94. The monoisotopic (exact) mass is 199 g/mol. The zero-order chi connectivity index (χ0) is 10.8. The predicted octanol–water partition coefficient (Wildman–Crippen LogP) is 1.42. The highest BCUT2D eigenvalue weighted by molar-refractivity contribution is 5.43. The van der Waals surface area contributed by atoms with Crippen molar-refractivity contribution in [3.63, 3.8) is 0 Å². The van der Waals surface area contributed by atoms with Gasteiger partial charge in [0.25, 0.3) is 0 Å². The van der Waals surface area contributed by atoms with Gasteiger partial charge in [-0.2, -0.15) is 15.8 Å². The Morgan fingerprint density at radius 2 is 2.00 bits per heavy atom. The Hall–Kier alpha value is -1.83. The van der Waals surface area contributed by atoms with Crippen LogP contribution >= 0.6 is 0 Å². The topological polar surface area (TPSA) is 80.6 Å². The molecule has 4 nitrogen and oxygen atoms in total. The normalized spacial score (nSPS) is 32.6. The largest absolute Gasteiger partial charge is 0.369 e. The summed E-state index contributed by atoms with van der Waals surface area (Å²) in [6, 6.07) is 5.95. The number of fused-ring (bicyclic) bond motifs is 2. The summed E-state index contributed by atoms with van der Waals surface area (Å²) in [4.78, 5) is 0. The Kier molecular flexibility index (Phi) is 2.42. The van der Waals surface area contributed by atoms with E-state index in [1.54, 1.807) is 0 Å². The average Bonchev–Trinajstić information content (AvgIpc) is 2.60. The van der Waals surface area contributed by atoms with Crippen LogP contribution in [0.4, 0.5) is 0 Å². The van der Waals surface area contributed by atoms with Gasteiger partial charge < -0.3 is 4.74 Å². The molecule has 0 saturated carbocycles. The minimum atomic E-state index is -0.317. The highest BCUT2D eigenvalue weighted by Crippen LogP contribution is 2.40. The molecule has 15 heavy (non-hydrogen) atoms. The summed E-state index contributed by atoms with van der Waals surface area (Å²) in [5.41, 5.74) is 0.848. The molecule has 74 valence electrons. The molecule has 0 unspecified atom stereocenters. The molecule has 0 aliphatic carbocycles. The van der Waals surface area contributed by atoms with Gasteiger partial charge in [0.05, 0.1) is 24.2 Å². The summed E-state index contributed by atoms with van der Waals surface area (Å²) in [5.74, 6) is -0.191. The van der Waals surface area contributed by atoms with Gasteiger partial charge in [-0.05, 0) is 24.8 Å². The molecule has 2 saturated heterocycles. The van der Waals surface area contributed by atoms with E-state index in [4.69, 9.17) is 20.5 Å². The van der Waals surface area contributed by atoms with Crippen LogP contribution < -0.4 is 0 Å². The molecule has 2 aliphatic rings. The molecule has 2 fully saturated rings. The lowest BCUT2D eigenvalue weighted by Gasteiger charge is -2.23. The van der Waals surface area contributed by atoms with Crippen LogP contribution in [0.25, 0.3) is 0 Å². The summed E-state index contributed by atoms with van der Waals surface area (Å²) in [6.07, 6.45) is 2.08. The van der Waals surface area contributed by atoms with Crippen molar-refractivity contribution in [2.75, 3.05) is 0 Å². The van der Waals surface area contributed by atoms with Crippen molar-refractivity contribution in [3.05, 3.63) is 11.1 Å². The average molecular weight is 199 g/mol. The van der Waals surface area contributed by atoms with E-state index < -0.39 is 0 Å². The van der Waals surface area contributed by atoms with Gasteiger partial charge in [0.2, 0.25) is 0 Å². The van der Waals surface area contributed by atoms with Crippen LogP contribution in [0.15, 0.2) is 11.1 Å². The van der Waals surface area contributed by atoms with Crippen LogP contribution in [0.5, 0.6) is 0 Å². The van der Waals surface area contributed by atoms with E-state index in [0.717, 1.165) is 18.4 Å². The second-order valence-electron chi connectivity index (χ2n) is 3.81. The Balaban J connectivity index is 2.38. The van der Waals surface area contributed by atoms with Crippen molar-refractivity contribution >= 4 is 0 Å². The van der Waals surface area contributed by atoms with Gasteiger partial charge in [-0.25, -0.2) is 0 Å². The van der Waals surface area contributed by atoms with E-state index >= 15 is 0 Å². The van der Waals surface area contributed by atoms with Gasteiger partial charge in [0.15, 0.2) is 0 Å². The lowest BCUT2D eigenvalue weighted by atomic mass is 9.93. The Morgan fingerprint density at radius 3 is 2.60 bits per heavy atom. The van der Waals surface area contributed by atoms with Crippen molar-refractivity contribution < 1.29 is 4.74 Å². The summed E-state index contributed by atoms with van der Waals surface area (Å²) >= 11 is 0. The van der Waals surface area contributed by atoms with E-state index in [2.05, 4.69) is 6.07 Å². The van der Waals surface area contributed by atoms with Gasteiger partial charge >= 0.3 is 0 Å². The molecule has 0 N–H and O–H groups in total. The number of nitrogens with zero attached hydrogens (tertiary/aromatic N) is 3. The fourth-order valence-corrected chi connectivity index (χ4v) is 2.29. The first-order valence-electron chi connectivity index (χ1n) is 4.88. The van der Waals surface area contributed by atoms with Crippen molar-refractivity contribution in [2.45, 2.75) is 31.5 Å². The number of hydrogen-bond acceptors (Lipinski definition) is 4. The van der Waals surface area contributed by atoms with Crippen molar-refractivity contribution in [1.82, 2.24) is 0 Å². The smallest absolute Gasteiger partial charge is 0.131 e. The third-order valence-corrected chi connectivity index (χ3v) is 3.01. The lowest BCUT2D eigenvalue weighted by molar-refractivity contribution is 0.0326. The van der Waals surface area contributed by atoms with Crippen LogP contribution in [-0.4, -0.2) is 12.2 Å². The van der Waals surface area contributed by atoms with E-state index in [1.165, 1.54) is 0 Å². The van der Waals surface area contributed by atoms with E-state index in [1.807, 2.05) is 12.1 Å². The fourth-order valence-electron chi connectivity index (χ4n) is 2.29. The molecule has 0 aromatic carbocycles. The van der Waals surface area contributed by atoms with Crippen molar-refractivity contribution in [3.8, 4) is 18.2 Å². The van der Waals surface area contributed by atoms with Gasteiger partial charge in [0, 0.05) is 0 Å². The molecular formula is C11H9N3O. The van der Waals surface area contributed by atoms with Gasteiger partial charge in [-0.15, -0.1) is 0 Å². The molecule has 2 heterocycles. The second-order valence-corrected chi connectivity index (χ2v) is 3.81. The van der Waals surface area contributed by atoms with Crippen LogP contribution in [-0.2, 0) is 4.74 Å². The Labute approximate surface area is 88.0 Å². The first-order valence-corrected chi connectivity index (χ1v) is 4.88. The Bertz CT molecular complexity index is 416. The van der Waals surface area contributed by atoms with Crippen molar-refractivity contribution in [2.24, 2.45) is 5.92 Å². The molecule has 3 atom stereocenters. The molecule has 4 heteroatoms. The molecule has 0 aromatic heterocycles. The Morgan fingerprint density at radius 1 is 1.27 bits per heavy atom. The first-order chi connectivity index (χ1) is 7.30. The predicted molar refractivity (Wildman–Crippen MR) is 49.9 cm³/mol. The van der Waals surface area contributed by atoms with Gasteiger partial charge in [0.1, 0.15) is 17.7 Å². The SMILES string of the molecule is N#CC(C#N)=C1CC[C@H]2C[C@@H](C#N)[C@@H]1O2. The maximum absolute atomic E-state index is 8.94. The summed E-state index contributed by atoms with van der Waals surface area (Å²) in [6.45, 7) is 0. The van der Waals surface area contributed by atoms with E-state index in [0.29, 0.717) is 6.42 Å². The zero-order valence-corrected chi connectivity index (χ0v) is 8.10. The summed E-state index contributed by atoms with van der Waals surface area (Å²) in [7, 11) is 0. The highest BCUT2D eigenvalue weighted by atomic mass is 16.5. The molecule has 2 rings (SSSR count). The number of ether oxygens (including phenoxy) is 1. The van der Waals surface area contributed by atoms with E-state index in [-0.39, 0.29) is 23.7 Å². The fraction of sp³-hybridized carbons (Fsp3) is 0.545. The third-order valence-electron chi connectivity index (χ3n) is 3.01. The third kappa shape index (κ3) is 1.48. The van der Waals surface area contributed by atoms with Crippen molar-refractivity contribution in [1.29, 1.82) is 15.8 Å². The second kappa shape index (κ2) is 3.73. The number of hydrogen-bond donors (Lipinski definition) is 0. The van der Waals surface area contributed by atoms with Crippen LogP contribution in [0.2, 0.25) is 0 Å². The molecule has 2 aliphatic heterocycles. The molecular weight excluding hydrogens is 190 g/mol. The van der Waals surface area contributed by atoms with Crippen LogP contribution in [0, 0.1) is 39.9 Å². The molecule has 0 radical (unpaired) electrons. The number of allylic oxidation sites excluding steroid dienone is 1. The van der Waals surface area contributed by atoms with Gasteiger partial charge in [-0.3, -0.25) is 0 Å². The number of nitriles is 3. The van der Waals surface area contributed by atoms with E-state index in [9.17, 15) is 0 Å². The first kappa shape index (κ1) is 9.71. The summed E-state index contributed by atoms with van der Waals surface area (Å²) < 4.78 is 5.62. The minimum Gasteiger partial charge on any atom is -0.369 e. The van der Waals surface area contributed by atoms with Crippen LogP contribution in [0.3, 0.4) is 0 Å².